The normalized spacial score (nSPS) is 11.7. The lowest BCUT2D eigenvalue weighted by Gasteiger charge is -2.25. The van der Waals surface area contributed by atoms with Crippen LogP contribution in [0, 0.1) is 11.3 Å². The van der Waals surface area contributed by atoms with Crippen LogP contribution in [0.2, 0.25) is 0 Å². The van der Waals surface area contributed by atoms with Gasteiger partial charge < -0.3 is 4.90 Å². The Labute approximate surface area is 151 Å². The van der Waals surface area contributed by atoms with Crippen LogP contribution in [-0.2, 0) is 11.8 Å². The van der Waals surface area contributed by atoms with Crippen LogP contribution in [-0.4, -0.2) is 37.2 Å². The SMILES string of the molecule is CC(C(=O)N(CCC#N)c1ccccc1)n1cc(-c2cnn(C)c2)nn1. The molecule has 8 heteroatoms. The summed E-state index contributed by atoms with van der Waals surface area (Å²) < 4.78 is 3.22. The zero-order valence-electron chi connectivity index (χ0n) is 14.6. The van der Waals surface area contributed by atoms with Crippen molar-refractivity contribution in [2.24, 2.45) is 7.05 Å². The van der Waals surface area contributed by atoms with Crippen molar-refractivity contribution in [1.82, 2.24) is 24.8 Å². The number of aryl methyl sites for hydroxylation is 1. The average molecular weight is 349 g/mol. The van der Waals surface area contributed by atoms with E-state index in [4.69, 9.17) is 5.26 Å². The summed E-state index contributed by atoms with van der Waals surface area (Å²) in [5.41, 5.74) is 2.25. The quantitative estimate of drug-likeness (QED) is 0.680. The Morgan fingerprint density at radius 3 is 2.73 bits per heavy atom. The molecule has 3 aromatic rings. The van der Waals surface area contributed by atoms with Gasteiger partial charge in [0.15, 0.2) is 0 Å². The van der Waals surface area contributed by atoms with Crippen molar-refractivity contribution >= 4 is 11.6 Å². The van der Waals surface area contributed by atoms with Crippen LogP contribution in [0.15, 0.2) is 48.9 Å². The summed E-state index contributed by atoms with van der Waals surface area (Å²) in [6.07, 6.45) is 5.52. The summed E-state index contributed by atoms with van der Waals surface area (Å²) in [6.45, 7) is 2.10. The van der Waals surface area contributed by atoms with Gasteiger partial charge in [0.1, 0.15) is 11.7 Å². The van der Waals surface area contributed by atoms with Gasteiger partial charge in [-0.2, -0.15) is 10.4 Å². The van der Waals surface area contributed by atoms with E-state index in [0.29, 0.717) is 12.2 Å². The largest absolute Gasteiger partial charge is 0.310 e. The Morgan fingerprint density at radius 1 is 1.31 bits per heavy atom. The maximum absolute atomic E-state index is 13.0. The molecule has 0 saturated carbocycles. The Kier molecular flexibility index (Phi) is 5.08. The lowest BCUT2D eigenvalue weighted by atomic mass is 10.2. The van der Waals surface area contributed by atoms with Crippen molar-refractivity contribution in [3.63, 3.8) is 0 Å². The number of nitrogens with zero attached hydrogens (tertiary/aromatic N) is 7. The first-order valence-electron chi connectivity index (χ1n) is 8.24. The smallest absolute Gasteiger partial charge is 0.251 e. The fourth-order valence-electron chi connectivity index (χ4n) is 2.63. The Bertz CT molecular complexity index is 922. The zero-order valence-corrected chi connectivity index (χ0v) is 14.6. The number of anilines is 1. The van der Waals surface area contributed by atoms with Crippen molar-refractivity contribution in [2.75, 3.05) is 11.4 Å². The van der Waals surface area contributed by atoms with E-state index in [0.717, 1.165) is 11.3 Å². The molecule has 0 spiro atoms. The molecule has 2 aromatic heterocycles. The molecule has 0 aliphatic rings. The van der Waals surface area contributed by atoms with Gasteiger partial charge in [-0.25, -0.2) is 4.68 Å². The van der Waals surface area contributed by atoms with Crippen LogP contribution < -0.4 is 4.90 Å². The van der Waals surface area contributed by atoms with Gasteiger partial charge in [-0.3, -0.25) is 9.48 Å². The monoisotopic (exact) mass is 349 g/mol. The molecule has 0 bridgehead atoms. The number of nitriles is 1. The molecule has 0 aliphatic heterocycles. The summed E-state index contributed by atoms with van der Waals surface area (Å²) in [6, 6.07) is 10.9. The Hall–Kier alpha value is -3.47. The second-order valence-electron chi connectivity index (χ2n) is 5.90. The molecular formula is C18H19N7O. The average Bonchev–Trinajstić information content (AvgIpc) is 3.31. The third-order valence-corrected chi connectivity index (χ3v) is 4.05. The van der Waals surface area contributed by atoms with Crippen LogP contribution >= 0.6 is 0 Å². The van der Waals surface area contributed by atoms with Gasteiger partial charge in [0, 0.05) is 31.0 Å². The van der Waals surface area contributed by atoms with Gasteiger partial charge in [-0.15, -0.1) is 5.10 Å². The van der Waals surface area contributed by atoms with Crippen LogP contribution in [0.25, 0.3) is 11.3 Å². The minimum Gasteiger partial charge on any atom is -0.310 e. The maximum atomic E-state index is 13.0. The van der Waals surface area contributed by atoms with Gasteiger partial charge in [0.05, 0.1) is 24.9 Å². The van der Waals surface area contributed by atoms with Gasteiger partial charge in [0.2, 0.25) is 0 Å². The highest BCUT2D eigenvalue weighted by Gasteiger charge is 2.24. The predicted molar refractivity (Wildman–Crippen MR) is 96.0 cm³/mol. The van der Waals surface area contributed by atoms with Crippen LogP contribution in [0.4, 0.5) is 5.69 Å². The van der Waals surface area contributed by atoms with Crippen molar-refractivity contribution in [1.29, 1.82) is 5.26 Å². The highest BCUT2D eigenvalue weighted by Crippen LogP contribution is 2.21. The van der Waals surface area contributed by atoms with Gasteiger partial charge in [-0.05, 0) is 19.1 Å². The number of hydrogen-bond donors (Lipinski definition) is 0. The number of carbonyl (C=O) groups is 1. The first-order chi connectivity index (χ1) is 12.6. The topological polar surface area (TPSA) is 92.6 Å². The highest BCUT2D eigenvalue weighted by atomic mass is 16.2. The number of para-hydroxylation sites is 1. The van der Waals surface area contributed by atoms with E-state index in [1.54, 1.807) is 28.9 Å². The van der Waals surface area contributed by atoms with E-state index < -0.39 is 6.04 Å². The molecule has 3 rings (SSSR count). The lowest BCUT2D eigenvalue weighted by Crippen LogP contribution is -2.37. The molecule has 8 nitrogen and oxygen atoms in total. The van der Waals surface area contributed by atoms with Crippen molar-refractivity contribution in [2.45, 2.75) is 19.4 Å². The van der Waals surface area contributed by atoms with Crippen molar-refractivity contribution in [3.05, 3.63) is 48.9 Å². The molecule has 2 heterocycles. The third kappa shape index (κ3) is 3.62. The van der Waals surface area contributed by atoms with Gasteiger partial charge >= 0.3 is 0 Å². The first-order valence-corrected chi connectivity index (χ1v) is 8.24. The van der Waals surface area contributed by atoms with Crippen molar-refractivity contribution < 1.29 is 4.79 Å². The molecule has 1 amide bonds. The molecule has 26 heavy (non-hydrogen) atoms. The molecule has 1 atom stereocenters. The molecule has 0 fully saturated rings. The second-order valence-corrected chi connectivity index (χ2v) is 5.90. The Balaban J connectivity index is 1.83. The van der Waals surface area contributed by atoms with E-state index in [2.05, 4.69) is 21.5 Å². The fourth-order valence-corrected chi connectivity index (χ4v) is 2.63. The zero-order chi connectivity index (χ0) is 18.5. The summed E-state index contributed by atoms with van der Waals surface area (Å²) in [4.78, 5) is 14.6. The molecule has 0 aliphatic carbocycles. The third-order valence-electron chi connectivity index (χ3n) is 4.05. The fraction of sp³-hybridized carbons (Fsp3) is 0.278. The number of rotatable bonds is 6. The van der Waals surface area contributed by atoms with Gasteiger partial charge in [0.25, 0.3) is 5.91 Å². The van der Waals surface area contributed by atoms with Crippen LogP contribution in [0.1, 0.15) is 19.4 Å². The predicted octanol–water partition coefficient (Wildman–Crippen LogP) is 2.19. The van der Waals surface area contributed by atoms with E-state index in [1.165, 1.54) is 4.68 Å². The first kappa shape index (κ1) is 17.4. The van der Waals surface area contributed by atoms with Crippen LogP contribution in [0.3, 0.4) is 0 Å². The molecule has 1 unspecified atom stereocenters. The number of hydrogen-bond acceptors (Lipinski definition) is 5. The number of carbonyl (C=O) groups excluding carboxylic acids is 1. The minimum atomic E-state index is -0.549. The molecule has 0 radical (unpaired) electrons. The summed E-state index contributed by atoms with van der Waals surface area (Å²) in [7, 11) is 1.83. The number of benzene rings is 1. The van der Waals surface area contributed by atoms with E-state index >= 15 is 0 Å². The molecule has 1 aromatic carbocycles. The lowest BCUT2D eigenvalue weighted by molar-refractivity contribution is -0.121. The summed E-state index contributed by atoms with van der Waals surface area (Å²) in [5, 5.41) is 21.3. The number of aromatic nitrogens is 5. The highest BCUT2D eigenvalue weighted by molar-refractivity contribution is 5.95. The van der Waals surface area contributed by atoms with E-state index in [9.17, 15) is 4.79 Å². The second kappa shape index (κ2) is 7.61. The maximum Gasteiger partial charge on any atom is 0.251 e. The molecule has 0 N–H and O–H groups in total. The number of amides is 1. The molecule has 0 saturated heterocycles. The Morgan fingerprint density at radius 2 is 2.08 bits per heavy atom. The van der Waals surface area contributed by atoms with Crippen molar-refractivity contribution in [3.8, 4) is 17.3 Å². The van der Waals surface area contributed by atoms with Gasteiger partial charge in [-0.1, -0.05) is 23.4 Å². The minimum absolute atomic E-state index is 0.144. The molecular weight excluding hydrogens is 330 g/mol. The van der Waals surface area contributed by atoms with E-state index in [-0.39, 0.29) is 12.3 Å². The molecule has 132 valence electrons. The van der Waals surface area contributed by atoms with Crippen LogP contribution in [0.5, 0.6) is 0 Å². The van der Waals surface area contributed by atoms with E-state index in [1.807, 2.05) is 43.6 Å². The standard InChI is InChI=1S/C18H19N7O/c1-14(25-13-17(21-22-25)15-11-20-23(2)12-15)18(26)24(10-6-9-19)16-7-4-3-5-8-16/h3-5,7-8,11-14H,6,10H2,1-2H3. The summed E-state index contributed by atoms with van der Waals surface area (Å²) >= 11 is 0. The summed E-state index contributed by atoms with van der Waals surface area (Å²) in [5.74, 6) is -0.144.